The SMILES string of the molecule is CNC(=O)/C=C/c1cnc(N)c2c(-c3ccc(OC(F)(F)F)cc3)csc12. The number of hydrogen-bond donors (Lipinski definition) is 2. The average molecular weight is 393 g/mol. The molecule has 27 heavy (non-hydrogen) atoms. The highest BCUT2D eigenvalue weighted by molar-refractivity contribution is 7.18. The van der Waals surface area contributed by atoms with Crippen LogP contribution in [0.1, 0.15) is 5.56 Å². The van der Waals surface area contributed by atoms with Crippen LogP contribution in [-0.2, 0) is 4.79 Å². The van der Waals surface area contributed by atoms with Gasteiger partial charge >= 0.3 is 6.36 Å². The number of amides is 1. The van der Waals surface area contributed by atoms with Gasteiger partial charge in [0.25, 0.3) is 0 Å². The molecule has 5 nitrogen and oxygen atoms in total. The number of nitrogens with two attached hydrogens (primary N) is 1. The molecular weight excluding hydrogens is 379 g/mol. The van der Waals surface area contributed by atoms with E-state index < -0.39 is 6.36 Å². The summed E-state index contributed by atoms with van der Waals surface area (Å²) in [7, 11) is 1.53. The third-order valence-corrected chi connectivity index (χ3v) is 4.74. The van der Waals surface area contributed by atoms with Gasteiger partial charge in [0.05, 0.1) is 0 Å². The number of nitrogens with zero attached hydrogens (tertiary/aromatic N) is 1. The maximum Gasteiger partial charge on any atom is 0.573 e. The van der Waals surface area contributed by atoms with Gasteiger partial charge in [0.1, 0.15) is 11.6 Å². The van der Waals surface area contributed by atoms with Crippen molar-refractivity contribution in [3.63, 3.8) is 0 Å². The third kappa shape index (κ3) is 4.20. The number of halogens is 3. The van der Waals surface area contributed by atoms with Crippen molar-refractivity contribution >= 4 is 39.2 Å². The summed E-state index contributed by atoms with van der Waals surface area (Å²) >= 11 is 1.41. The quantitative estimate of drug-likeness (QED) is 0.651. The summed E-state index contributed by atoms with van der Waals surface area (Å²) in [5.41, 5.74) is 8.16. The van der Waals surface area contributed by atoms with Crippen molar-refractivity contribution in [2.75, 3.05) is 12.8 Å². The average Bonchev–Trinajstić information content (AvgIpc) is 3.06. The van der Waals surface area contributed by atoms with E-state index in [0.29, 0.717) is 16.8 Å². The standard InChI is InChI=1S/C18H14F3N3O2S/c1-23-14(25)7-4-11-8-24-17(22)15-13(9-27-16(11)15)10-2-5-12(6-3-10)26-18(19,20)21/h2-9H,1H3,(H2,22,24)(H,23,25)/b7-4+. The molecule has 140 valence electrons. The number of nitrogen functional groups attached to an aromatic ring is 1. The number of rotatable bonds is 4. The molecule has 0 radical (unpaired) electrons. The van der Waals surface area contributed by atoms with Crippen molar-refractivity contribution in [2.24, 2.45) is 0 Å². The molecule has 0 aliphatic rings. The lowest BCUT2D eigenvalue weighted by molar-refractivity contribution is -0.274. The third-order valence-electron chi connectivity index (χ3n) is 3.71. The van der Waals surface area contributed by atoms with Crippen LogP contribution in [0.15, 0.2) is 41.9 Å². The highest BCUT2D eigenvalue weighted by atomic mass is 32.1. The van der Waals surface area contributed by atoms with Crippen molar-refractivity contribution < 1.29 is 22.7 Å². The minimum atomic E-state index is -4.74. The second kappa shape index (κ2) is 7.28. The molecule has 3 N–H and O–H groups in total. The number of carbonyl (C=O) groups excluding carboxylic acids is 1. The molecule has 2 heterocycles. The van der Waals surface area contributed by atoms with Gasteiger partial charge in [-0.25, -0.2) is 4.98 Å². The lowest BCUT2D eigenvalue weighted by Crippen LogP contribution is -2.16. The van der Waals surface area contributed by atoms with E-state index in [1.54, 1.807) is 12.3 Å². The van der Waals surface area contributed by atoms with E-state index in [0.717, 1.165) is 15.8 Å². The van der Waals surface area contributed by atoms with Gasteiger partial charge in [0, 0.05) is 40.5 Å². The monoisotopic (exact) mass is 393 g/mol. The van der Waals surface area contributed by atoms with Crippen LogP contribution in [0.4, 0.5) is 19.0 Å². The molecule has 0 aliphatic heterocycles. The Balaban J connectivity index is 2.01. The first-order valence-corrected chi connectivity index (χ1v) is 8.58. The zero-order valence-corrected chi connectivity index (χ0v) is 14.8. The number of fused-ring (bicyclic) bond motifs is 1. The number of aromatic nitrogens is 1. The van der Waals surface area contributed by atoms with Crippen molar-refractivity contribution in [3.05, 3.63) is 47.5 Å². The van der Waals surface area contributed by atoms with Crippen LogP contribution in [0.25, 0.3) is 27.3 Å². The number of pyridine rings is 1. The highest BCUT2D eigenvalue weighted by Crippen LogP contribution is 2.39. The number of alkyl halides is 3. The topological polar surface area (TPSA) is 77.2 Å². The van der Waals surface area contributed by atoms with E-state index in [1.165, 1.54) is 48.7 Å². The molecule has 0 fully saturated rings. The highest BCUT2D eigenvalue weighted by Gasteiger charge is 2.31. The zero-order chi connectivity index (χ0) is 19.6. The number of likely N-dealkylation sites (N-methyl/N-ethyl adjacent to an activating group) is 1. The van der Waals surface area contributed by atoms with Gasteiger partial charge in [-0.15, -0.1) is 24.5 Å². The Kier molecular flexibility index (Phi) is 5.04. The summed E-state index contributed by atoms with van der Waals surface area (Å²) in [6, 6.07) is 5.53. The Labute approximate surface area is 156 Å². The van der Waals surface area contributed by atoms with Gasteiger partial charge in [-0.3, -0.25) is 4.79 Å². The van der Waals surface area contributed by atoms with Crippen LogP contribution in [0.2, 0.25) is 0 Å². The first-order chi connectivity index (χ1) is 12.8. The lowest BCUT2D eigenvalue weighted by Gasteiger charge is -2.09. The minimum absolute atomic E-state index is 0.253. The summed E-state index contributed by atoms with van der Waals surface area (Å²) in [6.07, 6.45) is -0.155. The molecule has 0 atom stereocenters. The van der Waals surface area contributed by atoms with Crippen LogP contribution in [0, 0.1) is 0 Å². The van der Waals surface area contributed by atoms with Crippen molar-refractivity contribution in [2.45, 2.75) is 6.36 Å². The Morgan fingerprint density at radius 2 is 2.00 bits per heavy atom. The van der Waals surface area contributed by atoms with Gasteiger partial charge in [-0.2, -0.15) is 0 Å². The zero-order valence-electron chi connectivity index (χ0n) is 14.0. The Morgan fingerprint density at radius 3 is 2.63 bits per heavy atom. The summed E-state index contributed by atoms with van der Waals surface area (Å²) in [4.78, 5) is 15.6. The molecule has 9 heteroatoms. The molecule has 0 bridgehead atoms. The second-order valence-corrected chi connectivity index (χ2v) is 6.35. The predicted molar refractivity (Wildman–Crippen MR) is 99.3 cm³/mol. The molecule has 0 spiro atoms. The molecule has 0 unspecified atom stereocenters. The van der Waals surface area contributed by atoms with E-state index in [9.17, 15) is 18.0 Å². The molecule has 1 amide bonds. The van der Waals surface area contributed by atoms with E-state index in [1.807, 2.05) is 5.38 Å². The molecule has 0 saturated carbocycles. The van der Waals surface area contributed by atoms with Crippen molar-refractivity contribution in [1.82, 2.24) is 10.3 Å². The summed E-state index contributed by atoms with van der Waals surface area (Å²) in [5.74, 6) is -0.253. The molecule has 3 rings (SSSR count). The Hall–Kier alpha value is -3.07. The fourth-order valence-electron chi connectivity index (χ4n) is 2.50. The van der Waals surface area contributed by atoms with Crippen LogP contribution >= 0.6 is 11.3 Å². The molecular formula is C18H14F3N3O2S. The molecule has 0 aliphatic carbocycles. The second-order valence-electron chi connectivity index (χ2n) is 5.47. The van der Waals surface area contributed by atoms with Gasteiger partial charge < -0.3 is 15.8 Å². The van der Waals surface area contributed by atoms with E-state index in [4.69, 9.17) is 5.73 Å². The molecule has 2 aromatic heterocycles. The van der Waals surface area contributed by atoms with Crippen LogP contribution < -0.4 is 15.8 Å². The van der Waals surface area contributed by atoms with Crippen LogP contribution in [-0.4, -0.2) is 24.3 Å². The van der Waals surface area contributed by atoms with Gasteiger partial charge in [-0.05, 0) is 29.2 Å². The number of benzene rings is 1. The fourth-order valence-corrected chi connectivity index (χ4v) is 3.58. The molecule has 3 aromatic rings. The maximum atomic E-state index is 12.3. The van der Waals surface area contributed by atoms with Crippen LogP contribution in [0.5, 0.6) is 5.75 Å². The smallest absolute Gasteiger partial charge is 0.406 e. The van der Waals surface area contributed by atoms with Crippen molar-refractivity contribution in [3.8, 4) is 16.9 Å². The maximum absolute atomic E-state index is 12.3. The number of ether oxygens (including phenoxy) is 1. The van der Waals surface area contributed by atoms with Gasteiger partial charge in [0.15, 0.2) is 0 Å². The predicted octanol–water partition coefficient (Wildman–Crippen LogP) is 4.20. The summed E-state index contributed by atoms with van der Waals surface area (Å²) < 4.78 is 41.6. The summed E-state index contributed by atoms with van der Waals surface area (Å²) in [5, 5.41) is 5.02. The van der Waals surface area contributed by atoms with Gasteiger partial charge in [-0.1, -0.05) is 12.1 Å². The largest absolute Gasteiger partial charge is 0.573 e. The number of thiophene rings is 1. The number of anilines is 1. The number of hydrogen-bond acceptors (Lipinski definition) is 5. The first kappa shape index (κ1) is 18.7. The Bertz CT molecular complexity index is 1010. The van der Waals surface area contributed by atoms with E-state index in [2.05, 4.69) is 15.0 Å². The normalized spacial score (nSPS) is 11.9. The van der Waals surface area contributed by atoms with Crippen molar-refractivity contribution in [1.29, 1.82) is 0 Å². The van der Waals surface area contributed by atoms with Crippen LogP contribution in [0.3, 0.4) is 0 Å². The Morgan fingerprint density at radius 1 is 1.30 bits per heavy atom. The van der Waals surface area contributed by atoms with E-state index in [-0.39, 0.29) is 11.7 Å². The summed E-state index contributed by atoms with van der Waals surface area (Å²) in [6.45, 7) is 0. The lowest BCUT2D eigenvalue weighted by atomic mass is 10.0. The minimum Gasteiger partial charge on any atom is -0.406 e. The van der Waals surface area contributed by atoms with Gasteiger partial charge in [0.2, 0.25) is 5.91 Å². The number of carbonyl (C=O) groups is 1. The molecule has 1 aromatic carbocycles. The molecule has 0 saturated heterocycles. The number of nitrogens with one attached hydrogen (secondary N) is 1. The fraction of sp³-hybridized carbons (Fsp3) is 0.111. The first-order valence-electron chi connectivity index (χ1n) is 7.70. The van der Waals surface area contributed by atoms with E-state index >= 15 is 0 Å².